The lowest BCUT2D eigenvalue weighted by atomic mass is 10.2. The highest BCUT2D eigenvalue weighted by molar-refractivity contribution is 5.78. The second-order valence-electron chi connectivity index (χ2n) is 2.78. The standard InChI is InChI=1S/C9H7F4NO2/c1-2-16-8(15)9(12,13)7-6(11)3-5(10)4-14-7/h3-4H,2H2,1H3. The van der Waals surface area contributed by atoms with Crippen molar-refractivity contribution < 1.29 is 27.1 Å². The van der Waals surface area contributed by atoms with E-state index in [0.717, 1.165) is 0 Å². The summed E-state index contributed by atoms with van der Waals surface area (Å²) in [7, 11) is 0. The molecule has 1 aromatic rings. The van der Waals surface area contributed by atoms with E-state index in [-0.39, 0.29) is 12.7 Å². The summed E-state index contributed by atoms with van der Waals surface area (Å²) in [6.45, 7) is 1.04. The maximum Gasteiger partial charge on any atom is 0.387 e. The molecular weight excluding hydrogens is 230 g/mol. The summed E-state index contributed by atoms with van der Waals surface area (Å²) in [5.41, 5.74) is -1.45. The number of alkyl halides is 2. The van der Waals surface area contributed by atoms with Crippen LogP contribution in [-0.4, -0.2) is 17.6 Å². The minimum absolute atomic E-state index is 0.218. The van der Waals surface area contributed by atoms with Crippen molar-refractivity contribution in [2.45, 2.75) is 12.8 Å². The van der Waals surface area contributed by atoms with Crippen LogP contribution in [0.5, 0.6) is 0 Å². The molecule has 3 nitrogen and oxygen atoms in total. The summed E-state index contributed by atoms with van der Waals surface area (Å²) in [5.74, 6) is -8.86. The fraction of sp³-hybridized carbons (Fsp3) is 0.333. The first-order valence-electron chi connectivity index (χ1n) is 4.26. The van der Waals surface area contributed by atoms with Crippen LogP contribution in [0.1, 0.15) is 12.6 Å². The second-order valence-corrected chi connectivity index (χ2v) is 2.78. The average Bonchev–Trinajstić information content (AvgIpc) is 2.17. The summed E-state index contributed by atoms with van der Waals surface area (Å²) in [6.07, 6.45) is 0.394. The second kappa shape index (κ2) is 4.46. The molecule has 1 heterocycles. The Morgan fingerprint density at radius 1 is 1.50 bits per heavy atom. The summed E-state index contributed by atoms with van der Waals surface area (Å²) in [5, 5.41) is 0. The van der Waals surface area contributed by atoms with Crippen molar-refractivity contribution in [2.24, 2.45) is 0 Å². The summed E-state index contributed by atoms with van der Waals surface area (Å²) >= 11 is 0. The van der Waals surface area contributed by atoms with Gasteiger partial charge in [0.2, 0.25) is 0 Å². The Balaban J connectivity index is 3.11. The van der Waals surface area contributed by atoms with Gasteiger partial charge in [0, 0.05) is 6.07 Å². The van der Waals surface area contributed by atoms with Crippen molar-refractivity contribution in [3.05, 3.63) is 29.6 Å². The van der Waals surface area contributed by atoms with E-state index in [1.54, 1.807) is 0 Å². The Labute approximate surface area is 88.0 Å². The van der Waals surface area contributed by atoms with Gasteiger partial charge in [0.05, 0.1) is 12.8 Å². The Kier molecular flexibility index (Phi) is 3.46. The molecule has 0 aliphatic heterocycles. The van der Waals surface area contributed by atoms with Crippen molar-refractivity contribution in [3.63, 3.8) is 0 Å². The van der Waals surface area contributed by atoms with Gasteiger partial charge in [-0.15, -0.1) is 0 Å². The van der Waals surface area contributed by atoms with E-state index in [1.165, 1.54) is 6.92 Å². The van der Waals surface area contributed by atoms with Crippen LogP contribution in [0.4, 0.5) is 17.6 Å². The molecule has 0 atom stereocenters. The van der Waals surface area contributed by atoms with Crippen LogP contribution in [0.15, 0.2) is 12.3 Å². The minimum Gasteiger partial charge on any atom is -0.461 e. The van der Waals surface area contributed by atoms with E-state index in [1.807, 2.05) is 0 Å². The summed E-state index contributed by atoms with van der Waals surface area (Å²) in [6, 6.07) is 0.218. The zero-order chi connectivity index (χ0) is 12.3. The van der Waals surface area contributed by atoms with Gasteiger partial charge in [-0.25, -0.2) is 18.6 Å². The van der Waals surface area contributed by atoms with Crippen molar-refractivity contribution in [1.82, 2.24) is 4.98 Å². The number of rotatable bonds is 3. The van der Waals surface area contributed by atoms with Gasteiger partial charge in [-0.3, -0.25) is 0 Å². The first-order valence-corrected chi connectivity index (χ1v) is 4.26. The number of hydrogen-bond donors (Lipinski definition) is 0. The van der Waals surface area contributed by atoms with Gasteiger partial charge in [-0.2, -0.15) is 8.78 Å². The highest BCUT2D eigenvalue weighted by Crippen LogP contribution is 2.29. The predicted octanol–water partition coefficient (Wildman–Crippen LogP) is 2.01. The van der Waals surface area contributed by atoms with Gasteiger partial charge in [-0.1, -0.05) is 0 Å². The van der Waals surface area contributed by atoms with E-state index in [2.05, 4.69) is 9.72 Å². The van der Waals surface area contributed by atoms with Gasteiger partial charge in [0.1, 0.15) is 5.82 Å². The molecule has 0 bridgehead atoms. The maximum absolute atomic E-state index is 13.2. The molecule has 0 saturated carbocycles. The largest absolute Gasteiger partial charge is 0.461 e. The highest BCUT2D eigenvalue weighted by atomic mass is 19.3. The van der Waals surface area contributed by atoms with Crippen molar-refractivity contribution in [1.29, 1.82) is 0 Å². The molecule has 0 amide bonds. The molecule has 0 fully saturated rings. The SMILES string of the molecule is CCOC(=O)C(F)(F)c1ncc(F)cc1F. The van der Waals surface area contributed by atoms with Gasteiger partial charge in [-0.05, 0) is 6.92 Å². The molecule has 0 saturated heterocycles. The molecular formula is C9H7F4NO2. The van der Waals surface area contributed by atoms with Gasteiger partial charge >= 0.3 is 11.9 Å². The number of pyridine rings is 1. The molecule has 1 aromatic heterocycles. The molecule has 0 radical (unpaired) electrons. The molecule has 7 heteroatoms. The normalized spacial score (nSPS) is 11.3. The number of aromatic nitrogens is 1. The van der Waals surface area contributed by atoms with E-state index < -0.39 is 29.2 Å². The Hall–Kier alpha value is -1.66. The van der Waals surface area contributed by atoms with Crippen LogP contribution in [-0.2, 0) is 15.5 Å². The van der Waals surface area contributed by atoms with Crippen LogP contribution >= 0.6 is 0 Å². The molecule has 0 N–H and O–H groups in total. The highest BCUT2D eigenvalue weighted by Gasteiger charge is 2.46. The molecule has 0 aromatic carbocycles. The minimum atomic E-state index is -4.23. The van der Waals surface area contributed by atoms with E-state index in [9.17, 15) is 22.4 Å². The number of hydrogen-bond acceptors (Lipinski definition) is 3. The van der Waals surface area contributed by atoms with Crippen LogP contribution < -0.4 is 0 Å². The maximum atomic E-state index is 13.2. The zero-order valence-electron chi connectivity index (χ0n) is 8.14. The fourth-order valence-corrected chi connectivity index (χ4v) is 0.964. The van der Waals surface area contributed by atoms with Crippen molar-refractivity contribution in [2.75, 3.05) is 6.61 Å². The summed E-state index contributed by atoms with van der Waals surface area (Å²) in [4.78, 5) is 13.7. The third-order valence-electron chi connectivity index (χ3n) is 1.64. The van der Waals surface area contributed by atoms with E-state index in [4.69, 9.17) is 0 Å². The Bertz CT molecular complexity index is 408. The third kappa shape index (κ3) is 2.29. The molecule has 0 unspecified atom stereocenters. The van der Waals surface area contributed by atoms with E-state index >= 15 is 0 Å². The Morgan fingerprint density at radius 2 is 2.12 bits per heavy atom. The van der Waals surface area contributed by atoms with Gasteiger partial charge in [0.25, 0.3) is 0 Å². The quantitative estimate of drug-likeness (QED) is 0.596. The number of carbonyl (C=O) groups is 1. The summed E-state index contributed by atoms with van der Waals surface area (Å²) < 4.78 is 55.9. The van der Waals surface area contributed by atoms with Gasteiger partial charge in [0.15, 0.2) is 11.5 Å². The number of carbonyl (C=O) groups excluding carboxylic acids is 1. The number of halogens is 4. The van der Waals surface area contributed by atoms with Crippen LogP contribution in [0.2, 0.25) is 0 Å². The smallest absolute Gasteiger partial charge is 0.387 e. The molecule has 0 spiro atoms. The lowest BCUT2D eigenvalue weighted by Crippen LogP contribution is -2.30. The average molecular weight is 237 g/mol. The Morgan fingerprint density at radius 3 is 2.62 bits per heavy atom. The monoisotopic (exact) mass is 237 g/mol. The number of esters is 1. The first kappa shape index (κ1) is 12.4. The topological polar surface area (TPSA) is 39.2 Å². The lowest BCUT2D eigenvalue weighted by Gasteiger charge is -2.14. The molecule has 1 rings (SSSR count). The van der Waals surface area contributed by atoms with E-state index in [0.29, 0.717) is 6.20 Å². The van der Waals surface area contributed by atoms with Crippen molar-refractivity contribution in [3.8, 4) is 0 Å². The number of nitrogens with zero attached hydrogens (tertiary/aromatic N) is 1. The predicted molar refractivity (Wildman–Crippen MR) is 44.7 cm³/mol. The van der Waals surface area contributed by atoms with Gasteiger partial charge < -0.3 is 4.74 Å². The molecule has 88 valence electrons. The number of ether oxygens (including phenoxy) is 1. The fourth-order valence-electron chi connectivity index (χ4n) is 0.964. The third-order valence-corrected chi connectivity index (χ3v) is 1.64. The van der Waals surface area contributed by atoms with Crippen molar-refractivity contribution >= 4 is 5.97 Å². The first-order chi connectivity index (χ1) is 7.39. The van der Waals surface area contributed by atoms with Crippen LogP contribution in [0.25, 0.3) is 0 Å². The zero-order valence-corrected chi connectivity index (χ0v) is 8.14. The van der Waals surface area contributed by atoms with Crippen LogP contribution in [0.3, 0.4) is 0 Å². The van der Waals surface area contributed by atoms with Crippen LogP contribution in [0, 0.1) is 11.6 Å². The molecule has 0 aliphatic rings. The lowest BCUT2D eigenvalue weighted by molar-refractivity contribution is -0.174. The molecule has 16 heavy (non-hydrogen) atoms. The molecule has 0 aliphatic carbocycles.